The topological polar surface area (TPSA) is 1710 Å². The summed E-state index contributed by atoms with van der Waals surface area (Å²) >= 11 is 0. The van der Waals surface area contributed by atoms with E-state index in [0.29, 0.717) is 0 Å². The van der Waals surface area contributed by atoms with Gasteiger partial charge in [0.05, 0.1) is 0 Å². The van der Waals surface area contributed by atoms with Crippen molar-refractivity contribution in [3.63, 3.8) is 0 Å². The van der Waals surface area contributed by atoms with E-state index in [1.807, 2.05) is 0 Å². The Morgan fingerprint density at radius 3 is 0.0250 bits per heavy atom. The van der Waals surface area contributed by atoms with Crippen molar-refractivity contribution in [3.05, 3.63) is 0 Å². The van der Waals surface area contributed by atoms with Crippen LogP contribution in [-0.2, 0) is 670 Å². The van der Waals surface area contributed by atoms with Crippen LogP contribution in [0, 0.1) is 0 Å². The molecular formula is Cu20O60-80. The molecule has 0 N–H and O–H groups in total. The smallest absolute Gasteiger partial charge is 2.00 e. The maximum atomic E-state index is 0. The molecule has 0 heterocycles. The average molecular weight is 2230 g/mol. The molecule has 0 saturated carbocycles. The molecule has 0 rings (SSSR count). The van der Waals surface area contributed by atoms with E-state index < -0.39 is 0 Å². The zero-order chi connectivity index (χ0) is 0. The van der Waals surface area contributed by atoms with Crippen molar-refractivity contribution >= 4 is 0 Å². The van der Waals surface area contributed by atoms with Crippen molar-refractivity contribution in [2.75, 3.05) is 0 Å². The second-order valence-corrected chi connectivity index (χ2v) is 0. The van der Waals surface area contributed by atoms with Gasteiger partial charge in [-0.25, -0.2) is 0 Å². The summed E-state index contributed by atoms with van der Waals surface area (Å²) in [5, 5.41) is 0. The first-order valence-electron chi connectivity index (χ1n) is 0. The molecule has 0 aliphatic rings. The molecule has 80 heavy (non-hydrogen) atoms. The van der Waals surface area contributed by atoms with Crippen molar-refractivity contribution in [2.45, 2.75) is 0 Å². The predicted octanol–water partition coefficient (Wildman–Crippen LogP) is -7.18. The molecule has 0 aromatic carbocycles. The molecule has 20 radical (unpaired) electrons. The summed E-state index contributed by atoms with van der Waals surface area (Å²) in [7, 11) is 0. The van der Waals surface area contributed by atoms with E-state index in [0.717, 1.165) is 0 Å². The Morgan fingerprint density at radius 1 is 0.0250 bits per heavy atom. The van der Waals surface area contributed by atoms with Crippen molar-refractivity contribution in [2.24, 2.45) is 0 Å². The third-order valence-corrected chi connectivity index (χ3v) is 0. The molecule has 0 fully saturated rings. The largest absolute Gasteiger partial charge is 2.00 e. The molecule has 0 aromatic rings. The van der Waals surface area contributed by atoms with Crippen LogP contribution in [0.5, 0.6) is 0 Å². The molecule has 80 heteroatoms. The van der Waals surface area contributed by atoms with Crippen LogP contribution in [0.2, 0.25) is 0 Å². The Kier molecular flexibility index (Phi) is 1310000. The van der Waals surface area contributed by atoms with E-state index in [2.05, 4.69) is 0 Å². The Balaban J connectivity index is 0. The van der Waals surface area contributed by atoms with Crippen LogP contribution < -0.4 is 0 Å². The van der Waals surface area contributed by atoms with Crippen molar-refractivity contribution in [3.8, 4) is 0 Å². The molecule has 0 aliphatic heterocycles. The summed E-state index contributed by atoms with van der Waals surface area (Å²) in [6.45, 7) is 0. The number of hydrogen-bond acceptors (Lipinski definition) is 0. The zero-order valence-electron chi connectivity index (χ0n) is 30.5. The molecule has 0 unspecified atom stereocenters. The van der Waals surface area contributed by atoms with Gasteiger partial charge >= 0.3 is 341 Å². The Hall–Kier alpha value is 7.99. The minimum atomic E-state index is 0. The normalized spacial score (nSPS) is 0. The van der Waals surface area contributed by atoms with Crippen molar-refractivity contribution < 1.29 is 670 Å². The van der Waals surface area contributed by atoms with Crippen molar-refractivity contribution in [1.82, 2.24) is 0 Å². The summed E-state index contributed by atoms with van der Waals surface area (Å²) in [6, 6.07) is 0. The van der Waals surface area contributed by atoms with Gasteiger partial charge in [-0.15, -0.1) is 0 Å². The van der Waals surface area contributed by atoms with Crippen LogP contribution in [0.25, 0.3) is 0 Å². The minimum absolute atomic E-state index is 0. The molecule has 0 amide bonds. The maximum Gasteiger partial charge on any atom is 2.00 e. The van der Waals surface area contributed by atoms with E-state index in [1.165, 1.54) is 0 Å². The summed E-state index contributed by atoms with van der Waals surface area (Å²) in [4.78, 5) is 0. The summed E-state index contributed by atoms with van der Waals surface area (Å²) in [5.41, 5.74) is 0. The van der Waals surface area contributed by atoms with Crippen LogP contribution >= 0.6 is 0 Å². The Labute approximate surface area is 662 Å². The van der Waals surface area contributed by atoms with Gasteiger partial charge in [-0.2, -0.15) is 0 Å². The van der Waals surface area contributed by atoms with E-state index in [1.54, 1.807) is 0 Å². The predicted molar refractivity (Wildman–Crippen MR) is 41.2 cm³/mol. The Bertz CT molecular complexity index is 64.9. The average Bonchev–Trinajstić information content (AvgIpc) is 0. The fraction of sp³-hybridized carbons (Fsp3) is 0. The van der Waals surface area contributed by atoms with E-state index >= 15 is 0 Å². The van der Waals surface area contributed by atoms with E-state index in [-0.39, 0.29) is 670 Å². The molecule has 60 nitrogen and oxygen atoms in total. The van der Waals surface area contributed by atoms with Crippen LogP contribution in [0.1, 0.15) is 0 Å². The third kappa shape index (κ3) is 9730. The fourth-order valence-corrected chi connectivity index (χ4v) is 0. The van der Waals surface area contributed by atoms with Gasteiger partial charge in [0.15, 0.2) is 0 Å². The van der Waals surface area contributed by atoms with E-state index in [9.17, 15) is 0 Å². The van der Waals surface area contributed by atoms with Crippen LogP contribution in [-0.4, -0.2) is 0 Å². The van der Waals surface area contributed by atoms with Gasteiger partial charge in [-0.1, -0.05) is 0 Å². The van der Waals surface area contributed by atoms with Crippen LogP contribution in [0.4, 0.5) is 0 Å². The molecule has 0 spiro atoms. The quantitative estimate of drug-likeness (QED) is 0.204. The SMILES string of the molecule is [Cu+2].[Cu+2].[Cu+2].[Cu+2].[Cu+2].[Cu+2].[Cu+2].[Cu+2].[Cu+2].[Cu+2].[Cu+2].[Cu+2].[Cu+2].[Cu+2].[Cu+2].[Cu+2].[Cu+2].[Cu+2].[Cu+2].[Cu+2].[O-2].[O-2].[O-2].[O-2].[O-2].[O-2].[O-2].[O-2].[O-2].[O-2].[O-2].[O-2].[O-2].[O-2].[O-2].[O-2].[O-2].[O-2].[O-2].[O-2].[O-2].[O-2].[O-2].[O-2].[O-2].[O-2].[O-2].[O-2].[O-2].[O-2].[O-2].[O-2].[O-2].[O-2].[O-2].[O-2].[O-2].[O-2].[O-2].[O-2].[O-2].[O-2].[O-2].[O-2].[O-2].[O-2].[O-2].[O-2].[O-2].[O-2].[O-2].[O-2].[O-2].[O-2].[O-2].[O-2].[O-2].[O-2].[O-2].[O-2]. The number of rotatable bonds is 0. The molecule has 0 aliphatic carbocycles. The van der Waals surface area contributed by atoms with Gasteiger partial charge in [0.1, 0.15) is 0 Å². The van der Waals surface area contributed by atoms with Gasteiger partial charge < -0.3 is 329 Å². The summed E-state index contributed by atoms with van der Waals surface area (Å²) < 4.78 is 0. The van der Waals surface area contributed by atoms with Gasteiger partial charge in [0.25, 0.3) is 0 Å². The van der Waals surface area contributed by atoms with Gasteiger partial charge in [-0.3, -0.25) is 0 Å². The van der Waals surface area contributed by atoms with Gasteiger partial charge in [-0.05, 0) is 0 Å². The second kappa shape index (κ2) is 10100. The van der Waals surface area contributed by atoms with E-state index in [4.69, 9.17) is 0 Å². The minimum Gasteiger partial charge on any atom is -2.00 e. The summed E-state index contributed by atoms with van der Waals surface area (Å²) in [6.07, 6.45) is 0. The first kappa shape index (κ1) is 10400. The molecule has 660 valence electrons. The van der Waals surface area contributed by atoms with Crippen molar-refractivity contribution in [1.29, 1.82) is 0 Å². The molecule has 0 bridgehead atoms. The first-order valence-corrected chi connectivity index (χ1v) is 0. The number of hydrogen-bond donors (Lipinski definition) is 0. The standard InChI is InChI=1S/20Cu.60O/q20*+2;60*-2. The van der Waals surface area contributed by atoms with Crippen LogP contribution in [0.3, 0.4) is 0 Å². The molecule has 0 atom stereocenters. The monoisotopic (exact) mass is 2220 g/mol. The molecule has 0 saturated heterocycles. The maximum absolute atomic E-state index is 0. The first-order chi connectivity index (χ1) is 0. The third-order valence-electron chi connectivity index (χ3n) is 0. The molecule has 0 aromatic heterocycles. The van der Waals surface area contributed by atoms with Gasteiger partial charge in [0, 0.05) is 0 Å². The second-order valence-electron chi connectivity index (χ2n) is 0. The summed E-state index contributed by atoms with van der Waals surface area (Å²) in [5.74, 6) is 0. The Morgan fingerprint density at radius 2 is 0.0250 bits per heavy atom. The zero-order valence-corrected chi connectivity index (χ0v) is 49.4. The van der Waals surface area contributed by atoms with Crippen LogP contribution in [0.15, 0.2) is 0 Å². The molecular weight excluding hydrogens is 2230 g/mol. The van der Waals surface area contributed by atoms with Gasteiger partial charge in [0.2, 0.25) is 0 Å². The fourth-order valence-electron chi connectivity index (χ4n) is 0.